The molecule has 186 valence electrons. The highest BCUT2D eigenvalue weighted by Crippen LogP contribution is 2.30. The standard InChI is InChI=1S/C26H24FN3O5S/c27-21-7-4-8-22-23(21)29-26(30(22)16-35-25(32)24(31)18-5-2-1-3-6-18)36(33)15-19-13-20(11-12-28-19)34-14-17-9-10-17/h1-8,11-13,17,24,31H,9-10,14-16H2. The molecule has 0 bridgehead atoms. The summed E-state index contributed by atoms with van der Waals surface area (Å²) in [6, 6.07) is 16.2. The average molecular weight is 510 g/mol. The third-order valence-corrected chi connectivity index (χ3v) is 7.10. The molecule has 0 spiro atoms. The minimum Gasteiger partial charge on any atom is -0.493 e. The molecule has 2 atom stereocenters. The normalized spacial score (nSPS) is 14.9. The van der Waals surface area contributed by atoms with E-state index in [1.54, 1.807) is 54.7 Å². The van der Waals surface area contributed by atoms with Gasteiger partial charge in [-0.2, -0.15) is 0 Å². The van der Waals surface area contributed by atoms with Crippen molar-refractivity contribution in [2.45, 2.75) is 36.6 Å². The zero-order chi connectivity index (χ0) is 25.1. The van der Waals surface area contributed by atoms with Crippen molar-refractivity contribution in [3.05, 3.63) is 83.9 Å². The Morgan fingerprint density at radius 1 is 1.17 bits per heavy atom. The van der Waals surface area contributed by atoms with Crippen LogP contribution < -0.4 is 4.74 Å². The number of aliphatic hydroxyl groups excluding tert-OH is 1. The molecule has 1 aliphatic carbocycles. The van der Waals surface area contributed by atoms with E-state index in [0.717, 1.165) is 0 Å². The van der Waals surface area contributed by atoms with Crippen LogP contribution in [0.4, 0.5) is 4.39 Å². The van der Waals surface area contributed by atoms with Crippen molar-refractivity contribution < 1.29 is 28.0 Å². The fourth-order valence-electron chi connectivity index (χ4n) is 3.69. The van der Waals surface area contributed by atoms with Crippen molar-refractivity contribution in [1.29, 1.82) is 0 Å². The number of aromatic nitrogens is 3. The Labute approximate surface area is 209 Å². The molecule has 0 radical (unpaired) electrons. The number of ether oxygens (including phenoxy) is 2. The Hall–Kier alpha value is -3.63. The van der Waals surface area contributed by atoms with Gasteiger partial charge in [-0.25, -0.2) is 14.2 Å². The second-order valence-corrected chi connectivity index (χ2v) is 9.91. The van der Waals surface area contributed by atoms with E-state index in [1.807, 2.05) is 0 Å². The SMILES string of the molecule is O=C(OCn1c(S(=O)Cc2cc(OCC3CC3)ccn2)nc2c(F)cccc21)C(O)c1ccccc1. The number of carbonyl (C=O) groups excluding carboxylic acids is 1. The van der Waals surface area contributed by atoms with E-state index < -0.39 is 35.4 Å². The number of nitrogens with zero attached hydrogens (tertiary/aromatic N) is 3. The number of carbonyl (C=O) groups is 1. The number of benzene rings is 2. The van der Waals surface area contributed by atoms with Gasteiger partial charge in [-0.1, -0.05) is 36.4 Å². The Bertz CT molecular complexity index is 1410. The number of pyridine rings is 1. The molecule has 1 fully saturated rings. The molecule has 2 aromatic heterocycles. The summed E-state index contributed by atoms with van der Waals surface area (Å²) in [5.41, 5.74) is 1.23. The predicted octanol–water partition coefficient (Wildman–Crippen LogP) is 3.90. The van der Waals surface area contributed by atoms with Crippen LogP contribution in [0.5, 0.6) is 5.75 Å². The Morgan fingerprint density at radius 3 is 2.75 bits per heavy atom. The predicted molar refractivity (Wildman–Crippen MR) is 130 cm³/mol. The number of hydrogen-bond donors (Lipinski definition) is 1. The molecular weight excluding hydrogens is 485 g/mol. The largest absolute Gasteiger partial charge is 0.493 e. The Balaban J connectivity index is 1.36. The quantitative estimate of drug-likeness (QED) is 0.323. The number of hydrogen-bond acceptors (Lipinski definition) is 7. The van der Waals surface area contributed by atoms with E-state index in [4.69, 9.17) is 9.47 Å². The Kier molecular flexibility index (Phi) is 7.06. The summed E-state index contributed by atoms with van der Waals surface area (Å²) >= 11 is 0. The average Bonchev–Trinajstić information content (AvgIpc) is 3.65. The maximum atomic E-state index is 14.5. The van der Waals surface area contributed by atoms with Crippen molar-refractivity contribution in [2.75, 3.05) is 6.61 Å². The van der Waals surface area contributed by atoms with Gasteiger partial charge in [-0.3, -0.25) is 13.8 Å². The summed E-state index contributed by atoms with van der Waals surface area (Å²) in [6.45, 7) is 0.240. The second kappa shape index (κ2) is 10.5. The zero-order valence-corrected chi connectivity index (χ0v) is 20.1. The van der Waals surface area contributed by atoms with Gasteiger partial charge < -0.3 is 14.6 Å². The smallest absolute Gasteiger partial charge is 0.341 e. The number of fused-ring (bicyclic) bond motifs is 1. The highest BCUT2D eigenvalue weighted by atomic mass is 32.2. The Morgan fingerprint density at radius 2 is 1.97 bits per heavy atom. The molecule has 4 aromatic rings. The van der Waals surface area contributed by atoms with Crippen LogP contribution in [0.3, 0.4) is 0 Å². The van der Waals surface area contributed by atoms with E-state index in [1.165, 1.54) is 29.5 Å². The van der Waals surface area contributed by atoms with Crippen LogP contribution >= 0.6 is 0 Å². The molecule has 36 heavy (non-hydrogen) atoms. The van der Waals surface area contributed by atoms with Crippen LogP contribution in [-0.4, -0.2) is 36.4 Å². The molecule has 2 heterocycles. The summed E-state index contributed by atoms with van der Waals surface area (Å²) in [4.78, 5) is 21.0. The van der Waals surface area contributed by atoms with Gasteiger partial charge in [0.25, 0.3) is 0 Å². The summed E-state index contributed by atoms with van der Waals surface area (Å²) in [6.07, 6.45) is 2.43. The minimum atomic E-state index is -1.74. The van der Waals surface area contributed by atoms with Gasteiger partial charge in [-0.05, 0) is 42.5 Å². The fraction of sp³-hybridized carbons (Fsp3) is 0.269. The van der Waals surface area contributed by atoms with Crippen molar-refractivity contribution in [3.8, 4) is 5.75 Å². The highest BCUT2D eigenvalue weighted by molar-refractivity contribution is 7.84. The maximum Gasteiger partial charge on any atom is 0.341 e. The first-order valence-electron chi connectivity index (χ1n) is 11.5. The van der Waals surface area contributed by atoms with Gasteiger partial charge in [0.1, 0.15) is 11.3 Å². The van der Waals surface area contributed by atoms with Gasteiger partial charge in [0.2, 0.25) is 5.16 Å². The molecule has 0 amide bonds. The topological polar surface area (TPSA) is 104 Å². The van der Waals surface area contributed by atoms with Gasteiger partial charge in [0.05, 0.1) is 34.4 Å². The second-order valence-electron chi connectivity index (χ2n) is 8.56. The molecule has 10 heteroatoms. The van der Waals surface area contributed by atoms with E-state index in [-0.39, 0.29) is 16.4 Å². The van der Waals surface area contributed by atoms with Crippen LogP contribution in [0, 0.1) is 11.7 Å². The van der Waals surface area contributed by atoms with E-state index in [2.05, 4.69) is 9.97 Å². The third-order valence-electron chi connectivity index (χ3n) is 5.82. The molecule has 5 rings (SSSR count). The van der Waals surface area contributed by atoms with Crippen LogP contribution in [0.1, 0.15) is 30.2 Å². The molecule has 0 saturated heterocycles. The molecular formula is C26H24FN3O5S. The number of esters is 1. The number of halogens is 1. The van der Waals surface area contributed by atoms with Gasteiger partial charge in [0, 0.05) is 12.3 Å². The molecule has 2 aromatic carbocycles. The van der Waals surface area contributed by atoms with Crippen molar-refractivity contribution in [3.63, 3.8) is 0 Å². The van der Waals surface area contributed by atoms with Crippen molar-refractivity contribution >= 4 is 27.8 Å². The number of para-hydroxylation sites is 1. The van der Waals surface area contributed by atoms with Gasteiger partial charge in [-0.15, -0.1) is 0 Å². The summed E-state index contributed by atoms with van der Waals surface area (Å²) < 4.78 is 40.3. The fourth-order valence-corrected chi connectivity index (χ4v) is 4.84. The maximum absolute atomic E-state index is 14.5. The summed E-state index contributed by atoms with van der Waals surface area (Å²) in [5.74, 6) is -0.236. The monoisotopic (exact) mass is 509 g/mol. The van der Waals surface area contributed by atoms with E-state index in [9.17, 15) is 18.5 Å². The minimum absolute atomic E-state index is 0.00611. The lowest BCUT2D eigenvalue weighted by molar-refractivity contribution is -0.158. The first-order chi connectivity index (χ1) is 17.5. The first kappa shape index (κ1) is 24.1. The molecule has 2 unspecified atom stereocenters. The summed E-state index contributed by atoms with van der Waals surface area (Å²) in [5, 5.41) is 10.3. The summed E-state index contributed by atoms with van der Waals surface area (Å²) in [7, 11) is -1.74. The molecule has 8 nitrogen and oxygen atoms in total. The molecule has 1 saturated carbocycles. The number of imidazole rings is 1. The van der Waals surface area contributed by atoms with Crippen LogP contribution in [0.15, 0.2) is 72.0 Å². The van der Waals surface area contributed by atoms with E-state index >= 15 is 0 Å². The number of rotatable bonds is 10. The van der Waals surface area contributed by atoms with Crippen molar-refractivity contribution in [1.82, 2.24) is 14.5 Å². The lowest BCUT2D eigenvalue weighted by Gasteiger charge is -2.13. The van der Waals surface area contributed by atoms with Crippen LogP contribution in [-0.2, 0) is 32.8 Å². The van der Waals surface area contributed by atoms with Crippen molar-refractivity contribution in [2.24, 2.45) is 5.92 Å². The molecule has 0 aliphatic heterocycles. The molecule has 1 aliphatic rings. The van der Waals surface area contributed by atoms with E-state index in [0.29, 0.717) is 35.0 Å². The third kappa shape index (κ3) is 5.44. The highest BCUT2D eigenvalue weighted by Gasteiger charge is 2.24. The van der Waals surface area contributed by atoms with Crippen LogP contribution in [0.2, 0.25) is 0 Å². The lowest BCUT2D eigenvalue weighted by atomic mass is 10.1. The number of aliphatic hydroxyl groups is 1. The van der Waals surface area contributed by atoms with Gasteiger partial charge >= 0.3 is 5.97 Å². The first-order valence-corrected chi connectivity index (χ1v) is 12.8. The van der Waals surface area contributed by atoms with Crippen LogP contribution in [0.25, 0.3) is 11.0 Å². The van der Waals surface area contributed by atoms with Gasteiger partial charge in [0.15, 0.2) is 18.7 Å². The zero-order valence-electron chi connectivity index (χ0n) is 19.2. The lowest BCUT2D eigenvalue weighted by Crippen LogP contribution is -2.19. The molecule has 1 N–H and O–H groups in total.